The number of methoxy groups -OCH3 is 1. The lowest BCUT2D eigenvalue weighted by Crippen LogP contribution is -2.56. The molecule has 0 radical (unpaired) electrons. The second-order valence-electron chi connectivity index (χ2n) is 8.47. The van der Waals surface area contributed by atoms with Crippen molar-refractivity contribution in [1.82, 2.24) is 24.8 Å². The van der Waals surface area contributed by atoms with E-state index in [0.717, 1.165) is 10.9 Å². The monoisotopic (exact) mass is 512 g/mol. The normalized spacial score (nSPS) is 12.9. The first-order valence-corrected chi connectivity index (χ1v) is 11.7. The molecule has 192 valence electrons. The summed E-state index contributed by atoms with van der Waals surface area (Å²) < 4.78 is 5.46. The summed E-state index contributed by atoms with van der Waals surface area (Å²) in [6, 6.07) is 12.7. The van der Waals surface area contributed by atoms with E-state index in [2.05, 4.69) is 37.5 Å². The van der Waals surface area contributed by atoms with Crippen molar-refractivity contribution in [3.63, 3.8) is 0 Å². The Bertz CT molecular complexity index is 1540. The summed E-state index contributed by atoms with van der Waals surface area (Å²) in [4.78, 5) is 42.1. The molecule has 4 heterocycles. The summed E-state index contributed by atoms with van der Waals surface area (Å²) in [5, 5.41) is 18.9. The number of nitrogens with one attached hydrogen (secondary N) is 3. The fraction of sp³-hybridized carbons (Fsp3) is 0.154. The van der Waals surface area contributed by atoms with Crippen molar-refractivity contribution in [2.75, 3.05) is 36.1 Å². The van der Waals surface area contributed by atoms with E-state index in [-0.39, 0.29) is 11.9 Å². The van der Waals surface area contributed by atoms with E-state index in [9.17, 15) is 9.59 Å². The van der Waals surface area contributed by atoms with Crippen LogP contribution < -0.4 is 20.7 Å². The third-order valence-corrected chi connectivity index (χ3v) is 5.90. The number of amides is 2. The van der Waals surface area contributed by atoms with Crippen molar-refractivity contribution in [2.24, 2.45) is 0 Å². The molecule has 5 rings (SSSR count). The van der Waals surface area contributed by atoms with Gasteiger partial charge in [-0.3, -0.25) is 9.78 Å². The second kappa shape index (κ2) is 10.4. The van der Waals surface area contributed by atoms with Crippen molar-refractivity contribution in [3.8, 4) is 17.1 Å². The number of fused-ring (bicyclic) bond motifs is 1. The van der Waals surface area contributed by atoms with E-state index in [0.29, 0.717) is 53.3 Å². The Kier molecular flexibility index (Phi) is 6.68. The minimum Gasteiger partial charge on any atom is -0.479 e. The number of carbonyl (C=O) groups is 2. The number of hydrogen-bond acceptors (Lipinski definition) is 9. The summed E-state index contributed by atoms with van der Waals surface area (Å²) in [5.41, 5.74) is 3.22. The van der Waals surface area contributed by atoms with Crippen molar-refractivity contribution >= 4 is 46.0 Å². The van der Waals surface area contributed by atoms with Crippen molar-refractivity contribution in [1.29, 1.82) is 0 Å². The predicted molar refractivity (Wildman–Crippen MR) is 143 cm³/mol. The summed E-state index contributed by atoms with van der Waals surface area (Å²) >= 11 is 0. The van der Waals surface area contributed by atoms with Gasteiger partial charge < -0.3 is 30.7 Å². The van der Waals surface area contributed by atoms with E-state index >= 15 is 0 Å². The van der Waals surface area contributed by atoms with Crippen molar-refractivity contribution < 1.29 is 19.4 Å². The zero-order valence-corrected chi connectivity index (χ0v) is 20.4. The number of para-hydroxylation sites is 1. The minimum atomic E-state index is -0.936. The molecule has 0 bridgehead atoms. The summed E-state index contributed by atoms with van der Waals surface area (Å²) in [6.07, 6.45) is 3.59. The number of aromatic nitrogens is 4. The number of likely N-dealkylation sites (tertiary alicyclic amines) is 1. The lowest BCUT2D eigenvalue weighted by atomic mass is 10.1. The van der Waals surface area contributed by atoms with Gasteiger partial charge in [0.2, 0.25) is 17.7 Å². The first-order valence-electron chi connectivity index (χ1n) is 11.7. The highest BCUT2D eigenvalue weighted by molar-refractivity contribution is 5.99. The molecule has 0 saturated carbocycles. The smallest absolute Gasteiger partial charge is 0.407 e. The molecular weight excluding hydrogens is 488 g/mol. The van der Waals surface area contributed by atoms with Crippen LogP contribution in [-0.4, -0.2) is 68.2 Å². The summed E-state index contributed by atoms with van der Waals surface area (Å²) in [7, 11) is 1.51. The first kappa shape index (κ1) is 24.4. The Morgan fingerprint density at radius 2 is 2.00 bits per heavy atom. The Balaban J connectivity index is 1.39. The minimum absolute atomic E-state index is 0.0124. The number of carboxylic acid groups (broad SMARTS) is 1. The highest BCUT2D eigenvalue weighted by Gasteiger charge is 2.30. The van der Waals surface area contributed by atoms with Crippen LogP contribution in [0.15, 0.2) is 67.5 Å². The molecule has 1 aromatic carbocycles. The van der Waals surface area contributed by atoms with E-state index in [1.54, 1.807) is 36.7 Å². The van der Waals surface area contributed by atoms with Gasteiger partial charge in [0.15, 0.2) is 0 Å². The molecular formula is C26H24N8O4. The zero-order chi connectivity index (χ0) is 26.6. The molecule has 0 atom stereocenters. The highest BCUT2D eigenvalue weighted by Crippen LogP contribution is 2.30. The van der Waals surface area contributed by atoms with Gasteiger partial charge in [-0.2, -0.15) is 4.98 Å². The highest BCUT2D eigenvalue weighted by atomic mass is 16.5. The third-order valence-electron chi connectivity index (χ3n) is 5.90. The number of benzene rings is 1. The molecule has 4 N–H and O–H groups in total. The van der Waals surface area contributed by atoms with E-state index in [1.165, 1.54) is 18.1 Å². The van der Waals surface area contributed by atoms with Gasteiger partial charge in [0.1, 0.15) is 11.5 Å². The maximum absolute atomic E-state index is 11.7. The van der Waals surface area contributed by atoms with Crippen molar-refractivity contribution in [2.45, 2.75) is 6.04 Å². The van der Waals surface area contributed by atoms with Gasteiger partial charge in [-0.1, -0.05) is 24.8 Å². The molecule has 12 nitrogen and oxygen atoms in total. The molecule has 1 aliphatic heterocycles. The lowest BCUT2D eigenvalue weighted by molar-refractivity contribution is -0.111. The van der Waals surface area contributed by atoms with Crippen molar-refractivity contribution in [3.05, 3.63) is 67.5 Å². The Labute approximate surface area is 217 Å². The molecule has 4 aromatic rings. The average Bonchev–Trinajstić information content (AvgIpc) is 2.90. The fourth-order valence-electron chi connectivity index (χ4n) is 4.00. The molecule has 38 heavy (non-hydrogen) atoms. The predicted octanol–water partition coefficient (Wildman–Crippen LogP) is 3.74. The maximum atomic E-state index is 11.7. The number of pyridine rings is 2. The zero-order valence-electron chi connectivity index (χ0n) is 20.4. The van der Waals surface area contributed by atoms with Gasteiger partial charge in [0.05, 0.1) is 24.4 Å². The van der Waals surface area contributed by atoms with Crippen LogP contribution in [0.2, 0.25) is 0 Å². The van der Waals surface area contributed by atoms with Crippen LogP contribution >= 0.6 is 0 Å². The van der Waals surface area contributed by atoms with Crippen LogP contribution in [0.4, 0.5) is 27.9 Å². The molecule has 12 heteroatoms. The van der Waals surface area contributed by atoms with Crippen LogP contribution in [0.1, 0.15) is 0 Å². The molecule has 0 spiro atoms. The quantitative estimate of drug-likeness (QED) is 0.257. The number of nitrogens with zero attached hydrogens (tertiary/aromatic N) is 5. The maximum Gasteiger partial charge on any atom is 0.407 e. The Morgan fingerprint density at radius 1 is 1.16 bits per heavy atom. The van der Waals surface area contributed by atoms with Crippen LogP contribution in [0.25, 0.3) is 22.2 Å². The van der Waals surface area contributed by atoms with Crippen LogP contribution in [0.3, 0.4) is 0 Å². The number of carbonyl (C=O) groups excluding carboxylic acids is 1. The summed E-state index contributed by atoms with van der Waals surface area (Å²) in [5.74, 6) is 0.915. The fourth-order valence-corrected chi connectivity index (χ4v) is 4.00. The standard InChI is InChI=1S/C26H24N8O4/c1-3-22(35)30-16-9-10-27-20(11-16)18-6-4-5-15-12-28-25(33-23(15)18)31-19-7-8-21(32-24(19)38-2)29-17-13-34(14-17)26(36)37/h3-12,17H,1,13-14H2,2H3,(H,29,32)(H,36,37)(H,27,30,35)(H,28,31,33). The third kappa shape index (κ3) is 5.14. The summed E-state index contributed by atoms with van der Waals surface area (Å²) in [6.45, 7) is 4.26. The van der Waals surface area contributed by atoms with E-state index in [4.69, 9.17) is 14.8 Å². The van der Waals surface area contributed by atoms with Gasteiger partial charge in [-0.05, 0) is 30.3 Å². The topological polar surface area (TPSA) is 154 Å². The van der Waals surface area contributed by atoms with Gasteiger partial charge >= 0.3 is 6.09 Å². The SMILES string of the molecule is C=CC(=O)Nc1ccnc(-c2cccc3cnc(Nc4ccc(NC5CN(C(=O)O)C5)nc4OC)nc23)c1. The molecule has 2 amide bonds. The largest absolute Gasteiger partial charge is 0.479 e. The van der Waals surface area contributed by atoms with Crippen LogP contribution in [0.5, 0.6) is 5.88 Å². The van der Waals surface area contributed by atoms with Crippen LogP contribution in [-0.2, 0) is 4.79 Å². The number of ether oxygens (including phenoxy) is 1. The van der Waals surface area contributed by atoms with Gasteiger partial charge in [-0.25, -0.2) is 14.8 Å². The Hall–Kier alpha value is -5.26. The molecule has 1 saturated heterocycles. The average molecular weight is 513 g/mol. The number of rotatable bonds is 8. The number of hydrogen-bond donors (Lipinski definition) is 4. The van der Waals surface area contributed by atoms with Crippen LogP contribution in [0, 0.1) is 0 Å². The van der Waals surface area contributed by atoms with Gasteiger partial charge in [-0.15, -0.1) is 0 Å². The molecule has 1 fully saturated rings. The van der Waals surface area contributed by atoms with E-state index in [1.807, 2.05) is 18.2 Å². The Morgan fingerprint density at radius 3 is 2.76 bits per heavy atom. The molecule has 0 unspecified atom stereocenters. The molecule has 1 aliphatic rings. The molecule has 3 aromatic heterocycles. The van der Waals surface area contributed by atoms with E-state index < -0.39 is 6.09 Å². The second-order valence-corrected chi connectivity index (χ2v) is 8.47. The molecule has 0 aliphatic carbocycles. The van der Waals surface area contributed by atoms with Gasteiger partial charge in [0.25, 0.3) is 0 Å². The van der Waals surface area contributed by atoms with Gasteiger partial charge in [0, 0.05) is 42.1 Å². The first-order chi connectivity index (χ1) is 18.4. The lowest BCUT2D eigenvalue weighted by Gasteiger charge is -2.37. The number of anilines is 4.